The van der Waals surface area contributed by atoms with E-state index in [0.29, 0.717) is 31.1 Å². The summed E-state index contributed by atoms with van der Waals surface area (Å²) in [5.41, 5.74) is 0.906. The number of nitrogens with zero attached hydrogens (tertiary/aromatic N) is 1. The van der Waals surface area contributed by atoms with Gasteiger partial charge in [0, 0.05) is 16.3 Å². The van der Waals surface area contributed by atoms with Crippen molar-refractivity contribution in [1.82, 2.24) is 15.5 Å². The molecule has 0 saturated carbocycles. The van der Waals surface area contributed by atoms with E-state index in [1.807, 2.05) is 53.2 Å². The zero-order valence-corrected chi connectivity index (χ0v) is 21.9. The van der Waals surface area contributed by atoms with Crippen molar-refractivity contribution in [1.29, 1.82) is 0 Å². The van der Waals surface area contributed by atoms with Crippen LogP contribution in [0.1, 0.15) is 41.5 Å². The van der Waals surface area contributed by atoms with Crippen molar-refractivity contribution in [2.45, 2.75) is 51.9 Å². The van der Waals surface area contributed by atoms with Gasteiger partial charge in [-0.3, -0.25) is 4.90 Å². The molecule has 0 saturated heterocycles. The molecule has 0 radical (unpaired) electrons. The number of carbonyl (C=O) groups is 2. The summed E-state index contributed by atoms with van der Waals surface area (Å²) in [7, 11) is 0. The van der Waals surface area contributed by atoms with Crippen LogP contribution in [0.25, 0.3) is 0 Å². The number of unbranched alkanes of at least 4 members (excludes halogenated alkanes) is 1. The van der Waals surface area contributed by atoms with E-state index in [2.05, 4.69) is 17.6 Å². The first-order valence-corrected chi connectivity index (χ1v) is 13.8. The third kappa shape index (κ3) is 7.63. The molecule has 2 aromatic heterocycles. The smallest absolute Gasteiger partial charge is 0.410 e. The number of urea groups is 1. The van der Waals surface area contributed by atoms with Crippen LogP contribution < -0.4 is 20.1 Å². The average Bonchev–Trinajstić information content (AvgIpc) is 3.67. The standard InChI is InChI=1S/C26H31N3O5S2/c1-2-3-6-20(28-25(30)27-14-19-9-10-23-24(13-19)34-18-33-23)17-32-26(31)29(15-21-7-4-11-35-21)16-22-8-5-12-36-22/h4-5,7-13,20H,2-3,6,14-18H2,1H3,(H2,27,28,30). The monoisotopic (exact) mass is 529 g/mol. The molecule has 8 nitrogen and oxygen atoms in total. The van der Waals surface area contributed by atoms with Crippen molar-refractivity contribution in [3.05, 3.63) is 68.5 Å². The fraction of sp³-hybridized carbons (Fsp3) is 0.385. The van der Waals surface area contributed by atoms with Crippen LogP contribution >= 0.6 is 22.7 Å². The van der Waals surface area contributed by atoms with Gasteiger partial charge in [0.25, 0.3) is 0 Å². The summed E-state index contributed by atoms with van der Waals surface area (Å²) in [5, 5.41) is 9.83. The van der Waals surface area contributed by atoms with Crippen LogP contribution in [-0.4, -0.2) is 36.5 Å². The largest absolute Gasteiger partial charge is 0.454 e. The van der Waals surface area contributed by atoms with Crippen molar-refractivity contribution in [2.75, 3.05) is 13.4 Å². The number of fused-ring (bicyclic) bond motifs is 1. The molecule has 0 bridgehead atoms. The molecule has 4 rings (SSSR count). The Hall–Kier alpha value is -3.24. The molecule has 1 atom stereocenters. The van der Waals surface area contributed by atoms with Crippen LogP contribution in [0.5, 0.6) is 11.5 Å². The van der Waals surface area contributed by atoms with E-state index in [4.69, 9.17) is 14.2 Å². The summed E-state index contributed by atoms with van der Waals surface area (Å²) in [5.74, 6) is 1.38. The van der Waals surface area contributed by atoms with Gasteiger partial charge in [-0.25, -0.2) is 9.59 Å². The van der Waals surface area contributed by atoms with Gasteiger partial charge < -0.3 is 24.8 Å². The predicted molar refractivity (Wildman–Crippen MR) is 140 cm³/mol. The highest BCUT2D eigenvalue weighted by Crippen LogP contribution is 2.32. The molecule has 3 amide bonds. The van der Waals surface area contributed by atoms with Crippen LogP contribution in [0.2, 0.25) is 0 Å². The van der Waals surface area contributed by atoms with E-state index in [1.165, 1.54) is 0 Å². The highest BCUT2D eigenvalue weighted by molar-refractivity contribution is 7.10. The minimum absolute atomic E-state index is 0.113. The van der Waals surface area contributed by atoms with Gasteiger partial charge in [-0.2, -0.15) is 0 Å². The van der Waals surface area contributed by atoms with Crippen LogP contribution in [0.15, 0.2) is 53.2 Å². The molecule has 1 unspecified atom stereocenters. The van der Waals surface area contributed by atoms with E-state index in [-0.39, 0.29) is 31.6 Å². The molecular formula is C26H31N3O5S2. The number of nitrogens with one attached hydrogen (secondary N) is 2. The number of hydrogen-bond donors (Lipinski definition) is 2. The number of ether oxygens (including phenoxy) is 3. The molecule has 1 aliphatic heterocycles. The topological polar surface area (TPSA) is 89.1 Å². The molecule has 1 aromatic carbocycles. The highest BCUT2D eigenvalue weighted by atomic mass is 32.1. The lowest BCUT2D eigenvalue weighted by atomic mass is 10.1. The van der Waals surface area contributed by atoms with Gasteiger partial charge in [0.05, 0.1) is 19.1 Å². The number of thiophene rings is 2. The number of benzene rings is 1. The van der Waals surface area contributed by atoms with Gasteiger partial charge in [-0.05, 0) is 47.0 Å². The first-order chi connectivity index (χ1) is 17.6. The predicted octanol–water partition coefficient (Wildman–Crippen LogP) is 5.74. The van der Waals surface area contributed by atoms with Gasteiger partial charge >= 0.3 is 12.1 Å². The second-order valence-electron chi connectivity index (χ2n) is 8.45. The second-order valence-corrected chi connectivity index (χ2v) is 10.5. The van der Waals surface area contributed by atoms with E-state index in [1.54, 1.807) is 27.6 Å². The Morgan fingerprint density at radius 2 is 1.78 bits per heavy atom. The highest BCUT2D eigenvalue weighted by Gasteiger charge is 2.21. The lowest BCUT2D eigenvalue weighted by Crippen LogP contribution is -2.45. The summed E-state index contributed by atoms with van der Waals surface area (Å²) in [4.78, 5) is 29.5. The third-order valence-corrected chi connectivity index (χ3v) is 7.37. The van der Waals surface area contributed by atoms with Gasteiger partial charge in [-0.1, -0.05) is 38.0 Å². The van der Waals surface area contributed by atoms with Crippen molar-refractivity contribution >= 4 is 34.8 Å². The summed E-state index contributed by atoms with van der Waals surface area (Å²) in [6.07, 6.45) is 2.23. The maximum Gasteiger partial charge on any atom is 0.410 e. The normalized spacial score (nSPS) is 12.7. The Morgan fingerprint density at radius 3 is 2.44 bits per heavy atom. The molecule has 3 aromatic rings. The Morgan fingerprint density at radius 1 is 1.06 bits per heavy atom. The van der Waals surface area contributed by atoms with Crippen LogP contribution in [0.3, 0.4) is 0 Å². The van der Waals surface area contributed by atoms with Gasteiger partial charge in [0.1, 0.15) is 6.61 Å². The molecular weight excluding hydrogens is 498 g/mol. The Bertz CT molecular complexity index is 1070. The Kier molecular flexibility index (Phi) is 9.46. The Balaban J connectivity index is 1.29. The number of carbonyl (C=O) groups excluding carboxylic acids is 2. The molecule has 3 heterocycles. The number of hydrogen-bond acceptors (Lipinski definition) is 7. The minimum atomic E-state index is -0.388. The van der Waals surface area contributed by atoms with E-state index < -0.39 is 0 Å². The van der Waals surface area contributed by atoms with Crippen molar-refractivity contribution < 1.29 is 23.8 Å². The van der Waals surface area contributed by atoms with Crippen molar-refractivity contribution in [3.63, 3.8) is 0 Å². The number of amides is 3. The van der Waals surface area contributed by atoms with E-state index >= 15 is 0 Å². The first kappa shape index (κ1) is 25.8. The van der Waals surface area contributed by atoms with Crippen LogP contribution in [0.4, 0.5) is 9.59 Å². The SMILES string of the molecule is CCCCC(COC(=O)N(Cc1cccs1)Cc1cccs1)NC(=O)NCc1ccc2c(c1)OCO2. The van der Waals surface area contributed by atoms with Crippen molar-refractivity contribution in [3.8, 4) is 11.5 Å². The molecule has 192 valence electrons. The van der Waals surface area contributed by atoms with Gasteiger partial charge in [0.15, 0.2) is 11.5 Å². The number of rotatable bonds is 12. The Labute approximate surface area is 219 Å². The summed E-state index contributed by atoms with van der Waals surface area (Å²) in [6, 6.07) is 13.0. The lowest BCUT2D eigenvalue weighted by Gasteiger charge is -2.24. The van der Waals surface area contributed by atoms with Crippen molar-refractivity contribution in [2.24, 2.45) is 0 Å². The average molecular weight is 530 g/mol. The van der Waals surface area contributed by atoms with Gasteiger partial charge in [-0.15, -0.1) is 22.7 Å². The maximum absolute atomic E-state index is 13.0. The zero-order chi connectivity index (χ0) is 25.2. The summed E-state index contributed by atoms with van der Waals surface area (Å²) >= 11 is 3.22. The lowest BCUT2D eigenvalue weighted by molar-refractivity contribution is 0.0880. The first-order valence-electron chi connectivity index (χ1n) is 12.0. The molecule has 0 fully saturated rings. The van der Waals surface area contributed by atoms with E-state index in [9.17, 15) is 9.59 Å². The third-order valence-electron chi connectivity index (χ3n) is 5.65. The molecule has 0 aliphatic carbocycles. The fourth-order valence-corrected chi connectivity index (χ4v) is 5.19. The quantitative estimate of drug-likeness (QED) is 0.313. The zero-order valence-electron chi connectivity index (χ0n) is 20.2. The molecule has 36 heavy (non-hydrogen) atoms. The molecule has 2 N–H and O–H groups in total. The second kappa shape index (κ2) is 13.2. The molecule has 0 spiro atoms. The summed E-state index contributed by atoms with van der Waals surface area (Å²) < 4.78 is 16.4. The maximum atomic E-state index is 13.0. The molecule has 1 aliphatic rings. The fourth-order valence-electron chi connectivity index (χ4n) is 3.75. The summed E-state index contributed by atoms with van der Waals surface area (Å²) in [6.45, 7) is 3.73. The van der Waals surface area contributed by atoms with E-state index in [0.717, 1.165) is 34.6 Å². The van der Waals surface area contributed by atoms with Crippen LogP contribution in [0, 0.1) is 0 Å². The molecule has 10 heteroatoms. The van der Waals surface area contributed by atoms with Crippen LogP contribution in [-0.2, 0) is 24.4 Å². The van der Waals surface area contributed by atoms with Gasteiger partial charge in [0.2, 0.25) is 6.79 Å². The minimum Gasteiger partial charge on any atom is -0.454 e.